The van der Waals surface area contributed by atoms with Crippen molar-refractivity contribution < 1.29 is 19.1 Å². The highest BCUT2D eigenvalue weighted by molar-refractivity contribution is 5.91. The van der Waals surface area contributed by atoms with Crippen LogP contribution in [0.3, 0.4) is 0 Å². The minimum atomic E-state index is -0.478. The monoisotopic (exact) mass is 809 g/mol. The van der Waals surface area contributed by atoms with E-state index in [4.69, 9.17) is 9.47 Å². The Balaban J connectivity index is 0.896. The summed E-state index contributed by atoms with van der Waals surface area (Å²) >= 11 is 0. The molecule has 4 aromatic rings. The van der Waals surface area contributed by atoms with Gasteiger partial charge in [0.05, 0.1) is 11.1 Å². The molecule has 0 aromatic heterocycles. The third-order valence-corrected chi connectivity index (χ3v) is 14.6. The lowest BCUT2D eigenvalue weighted by atomic mass is 9.77. The lowest BCUT2D eigenvalue weighted by Crippen LogP contribution is -2.33. The van der Waals surface area contributed by atoms with Gasteiger partial charge in [0.15, 0.2) is 0 Å². The lowest BCUT2D eigenvalue weighted by Gasteiger charge is -2.29. The molecule has 0 radical (unpaired) electrons. The third-order valence-electron chi connectivity index (χ3n) is 14.6. The summed E-state index contributed by atoms with van der Waals surface area (Å²) in [7, 11) is 0. The van der Waals surface area contributed by atoms with E-state index in [0.29, 0.717) is 23.0 Å². The maximum Gasteiger partial charge on any atom is 0.338 e. The first-order valence-corrected chi connectivity index (χ1v) is 24.3. The minimum absolute atomic E-state index is 0.0596. The number of carbonyl (C=O) groups is 2. The summed E-state index contributed by atoms with van der Waals surface area (Å²) in [6.45, 7) is 4.64. The topological polar surface area (TPSA) is 52.6 Å². The van der Waals surface area contributed by atoms with Crippen LogP contribution in [0.5, 0.6) is 0 Å². The molecule has 1 atom stereocenters. The van der Waals surface area contributed by atoms with Crippen LogP contribution in [0.2, 0.25) is 0 Å². The van der Waals surface area contributed by atoms with E-state index in [1.54, 1.807) is 0 Å². The van der Waals surface area contributed by atoms with E-state index in [1.165, 1.54) is 120 Å². The van der Waals surface area contributed by atoms with Crippen molar-refractivity contribution in [2.75, 3.05) is 6.61 Å². The van der Waals surface area contributed by atoms with Gasteiger partial charge in [-0.25, -0.2) is 9.59 Å². The smallest absolute Gasteiger partial charge is 0.338 e. The number of hydrogen-bond donors (Lipinski definition) is 0. The molecule has 0 spiro atoms. The lowest BCUT2D eigenvalue weighted by molar-refractivity contribution is -0.0247. The standard InChI is InChI=1S/C56H72O4/c1-3-5-8-12-41-16-20-43(21-17-41)45-24-28-47(29-25-45)49-32-36-52(37-33-49)55(57)59-40-54(51-14-10-7-11-15-51)60-56(58)53-38-34-50(35-39-53)48-30-26-46(27-31-48)44-22-18-42(19-23-44)13-9-6-4-2/h24-39,41-44,51,54H,3-23,40H2,1-2H3. The number of carbonyl (C=O) groups excluding carboxylic acids is 2. The predicted octanol–water partition coefficient (Wildman–Crippen LogP) is 15.7. The summed E-state index contributed by atoms with van der Waals surface area (Å²) in [4.78, 5) is 26.9. The van der Waals surface area contributed by atoms with Gasteiger partial charge in [0.1, 0.15) is 12.7 Å². The van der Waals surface area contributed by atoms with E-state index in [2.05, 4.69) is 62.4 Å². The van der Waals surface area contributed by atoms with Crippen molar-refractivity contribution in [1.82, 2.24) is 0 Å². The number of benzene rings is 4. The molecular formula is C56H72O4. The Morgan fingerprint density at radius 1 is 0.483 bits per heavy atom. The molecule has 0 bridgehead atoms. The van der Waals surface area contributed by atoms with Crippen molar-refractivity contribution in [3.05, 3.63) is 119 Å². The van der Waals surface area contributed by atoms with Crippen LogP contribution in [0, 0.1) is 17.8 Å². The maximum absolute atomic E-state index is 13.6. The van der Waals surface area contributed by atoms with Gasteiger partial charge in [-0.2, -0.15) is 0 Å². The van der Waals surface area contributed by atoms with Crippen LogP contribution in [0.1, 0.15) is 192 Å². The van der Waals surface area contributed by atoms with Gasteiger partial charge < -0.3 is 9.47 Å². The van der Waals surface area contributed by atoms with Crippen molar-refractivity contribution in [2.24, 2.45) is 17.8 Å². The van der Waals surface area contributed by atoms with Gasteiger partial charge in [-0.3, -0.25) is 0 Å². The van der Waals surface area contributed by atoms with Crippen molar-refractivity contribution in [3.63, 3.8) is 0 Å². The Kier molecular flexibility index (Phi) is 16.5. The molecule has 3 aliphatic carbocycles. The first-order valence-electron chi connectivity index (χ1n) is 24.3. The molecule has 3 fully saturated rings. The number of ether oxygens (including phenoxy) is 2. The second-order valence-electron chi connectivity index (χ2n) is 18.8. The van der Waals surface area contributed by atoms with E-state index >= 15 is 0 Å². The summed E-state index contributed by atoms with van der Waals surface area (Å²) in [6, 6.07) is 33.6. The summed E-state index contributed by atoms with van der Waals surface area (Å²) in [5, 5.41) is 0. The summed E-state index contributed by atoms with van der Waals surface area (Å²) in [5.74, 6) is 2.61. The molecule has 0 saturated heterocycles. The maximum atomic E-state index is 13.6. The van der Waals surface area contributed by atoms with Gasteiger partial charge in [-0.15, -0.1) is 0 Å². The summed E-state index contributed by atoms with van der Waals surface area (Å²) < 4.78 is 12.0. The Bertz CT molecular complexity index is 1870. The molecule has 3 aliphatic rings. The van der Waals surface area contributed by atoms with Gasteiger partial charge in [0.2, 0.25) is 0 Å². The molecule has 4 nitrogen and oxygen atoms in total. The highest BCUT2D eigenvalue weighted by Gasteiger charge is 2.29. The minimum Gasteiger partial charge on any atom is -0.458 e. The van der Waals surface area contributed by atoms with Gasteiger partial charge in [0.25, 0.3) is 0 Å². The molecule has 0 heterocycles. The fraction of sp³-hybridized carbons (Fsp3) is 0.536. The van der Waals surface area contributed by atoms with Gasteiger partial charge >= 0.3 is 11.9 Å². The van der Waals surface area contributed by atoms with E-state index in [-0.39, 0.29) is 24.5 Å². The van der Waals surface area contributed by atoms with Crippen molar-refractivity contribution >= 4 is 11.9 Å². The fourth-order valence-corrected chi connectivity index (χ4v) is 10.6. The zero-order valence-electron chi connectivity index (χ0n) is 36.9. The second kappa shape index (κ2) is 22.6. The molecule has 0 N–H and O–H groups in total. The van der Waals surface area contributed by atoms with Crippen LogP contribution in [-0.2, 0) is 9.47 Å². The van der Waals surface area contributed by atoms with Crippen LogP contribution < -0.4 is 0 Å². The Morgan fingerprint density at radius 3 is 1.30 bits per heavy atom. The third kappa shape index (κ3) is 12.2. The highest BCUT2D eigenvalue weighted by atomic mass is 16.6. The SMILES string of the molecule is CCCCCC1CCC(c2ccc(-c3ccc(C(=O)OCC(OC(=O)c4ccc(-c5ccc(C6CCC(CCCCC)CC6)cc5)cc4)C4CCCCC4)cc3)cc2)CC1. The molecule has 7 rings (SSSR count). The van der Waals surface area contributed by atoms with Crippen LogP contribution in [-0.4, -0.2) is 24.6 Å². The molecule has 0 aliphatic heterocycles. The molecule has 3 saturated carbocycles. The Hall–Kier alpha value is -4.18. The summed E-state index contributed by atoms with van der Waals surface area (Å²) in [6.07, 6.45) is 26.5. The van der Waals surface area contributed by atoms with Crippen molar-refractivity contribution in [3.8, 4) is 22.3 Å². The Morgan fingerprint density at radius 2 is 0.883 bits per heavy atom. The van der Waals surface area contributed by atoms with E-state index < -0.39 is 6.10 Å². The first-order chi connectivity index (χ1) is 29.5. The van der Waals surface area contributed by atoms with E-state index in [0.717, 1.165) is 59.8 Å². The van der Waals surface area contributed by atoms with Gasteiger partial charge in [-0.1, -0.05) is 157 Å². The molecule has 320 valence electrons. The van der Waals surface area contributed by atoms with Crippen LogP contribution in [0.15, 0.2) is 97.1 Å². The second-order valence-corrected chi connectivity index (χ2v) is 18.8. The molecular weight excluding hydrogens is 737 g/mol. The average molecular weight is 809 g/mol. The average Bonchev–Trinajstić information content (AvgIpc) is 3.31. The molecule has 0 amide bonds. The van der Waals surface area contributed by atoms with E-state index in [1.807, 2.05) is 48.5 Å². The molecule has 60 heavy (non-hydrogen) atoms. The molecule has 4 heteroatoms. The van der Waals surface area contributed by atoms with Crippen molar-refractivity contribution in [2.45, 2.75) is 167 Å². The number of rotatable bonds is 18. The largest absolute Gasteiger partial charge is 0.458 e. The van der Waals surface area contributed by atoms with Crippen LogP contribution >= 0.6 is 0 Å². The van der Waals surface area contributed by atoms with Crippen LogP contribution in [0.25, 0.3) is 22.3 Å². The zero-order chi connectivity index (χ0) is 41.5. The number of unbranched alkanes of at least 4 members (excludes halogenated alkanes) is 4. The fourth-order valence-electron chi connectivity index (χ4n) is 10.6. The van der Waals surface area contributed by atoms with Crippen LogP contribution in [0.4, 0.5) is 0 Å². The molecule has 4 aromatic carbocycles. The number of esters is 2. The quantitative estimate of drug-likeness (QED) is 0.0742. The summed E-state index contributed by atoms with van der Waals surface area (Å²) in [5.41, 5.74) is 8.42. The van der Waals surface area contributed by atoms with E-state index in [9.17, 15) is 9.59 Å². The predicted molar refractivity (Wildman–Crippen MR) is 247 cm³/mol. The first kappa shape index (κ1) is 43.9. The zero-order valence-corrected chi connectivity index (χ0v) is 36.9. The highest BCUT2D eigenvalue weighted by Crippen LogP contribution is 2.40. The van der Waals surface area contributed by atoms with Gasteiger partial charge in [0, 0.05) is 0 Å². The Labute approximate surface area is 362 Å². The number of hydrogen-bond acceptors (Lipinski definition) is 4. The van der Waals surface area contributed by atoms with Gasteiger partial charge in [-0.05, 0) is 151 Å². The normalized spacial score (nSPS) is 21.6. The van der Waals surface area contributed by atoms with Crippen molar-refractivity contribution in [1.29, 1.82) is 0 Å². The molecule has 1 unspecified atom stereocenters.